The van der Waals surface area contributed by atoms with E-state index in [4.69, 9.17) is 26.8 Å². The molecule has 10 heteroatoms. The Morgan fingerprint density at radius 1 is 1.11 bits per heavy atom. The molecule has 186 valence electrons. The molecule has 1 amide bonds. The van der Waals surface area contributed by atoms with Crippen LogP contribution < -0.4 is 15.8 Å². The zero-order valence-corrected chi connectivity index (χ0v) is 20.2. The molecule has 0 radical (unpaired) electrons. The minimum atomic E-state index is -1.08. The number of benzene rings is 2. The summed E-state index contributed by atoms with van der Waals surface area (Å²) in [7, 11) is 1.82. The molecular weight excluding hydrogens is 480 g/mol. The number of anilines is 1. The van der Waals surface area contributed by atoms with E-state index < -0.39 is 17.5 Å². The second-order valence-corrected chi connectivity index (χ2v) is 6.70. The first-order valence-corrected chi connectivity index (χ1v) is 10.8. The molecule has 3 aromatic rings. The topological polar surface area (TPSA) is 104 Å². The third-order valence-corrected chi connectivity index (χ3v) is 4.14. The van der Waals surface area contributed by atoms with Gasteiger partial charge in [-0.25, -0.2) is 18.6 Å². The Hall–Kier alpha value is -3.98. The Labute approximate surface area is 207 Å². The minimum Gasteiger partial charge on any atom is -0.458 e. The molecule has 0 aliphatic heterocycles. The third-order valence-electron chi connectivity index (χ3n) is 3.93. The molecule has 0 saturated heterocycles. The van der Waals surface area contributed by atoms with Gasteiger partial charge in [-0.1, -0.05) is 38.1 Å². The summed E-state index contributed by atoms with van der Waals surface area (Å²) >= 11 is 5.67. The quantitative estimate of drug-likeness (QED) is 0.301. The Morgan fingerprint density at radius 3 is 2.31 bits per heavy atom. The largest absolute Gasteiger partial charge is 0.458 e. The summed E-state index contributed by atoms with van der Waals surface area (Å²) in [6.07, 6.45) is 2.78. The standard InChI is InChI=1S/C12H7ClF2N2O2.C11H13NO2.C2H6/c13-6-3-8(11(16)18)12(17-5-6)19-7-1-2-9(14)10(15)4-7;1-3-8-14-11(13)9-4-6-10(12-2)7-5-9;1-2/h1-5H,(H2,16,18);3-7,12H,1,8H2,2H3;1-2H3. The molecule has 3 rings (SSSR count). The molecule has 0 unspecified atom stereocenters. The molecule has 0 aliphatic rings. The van der Waals surface area contributed by atoms with Crippen molar-refractivity contribution in [1.29, 1.82) is 0 Å². The van der Waals surface area contributed by atoms with Crippen molar-refractivity contribution >= 4 is 29.2 Å². The zero-order chi connectivity index (χ0) is 26.4. The van der Waals surface area contributed by atoms with Crippen LogP contribution in [0.15, 0.2) is 67.4 Å². The van der Waals surface area contributed by atoms with E-state index in [0.717, 1.165) is 17.8 Å². The lowest BCUT2D eigenvalue weighted by Gasteiger charge is -2.08. The van der Waals surface area contributed by atoms with Gasteiger partial charge in [0.2, 0.25) is 5.88 Å². The summed E-state index contributed by atoms with van der Waals surface area (Å²) in [5, 5.41) is 3.17. The van der Waals surface area contributed by atoms with Gasteiger partial charge in [0.25, 0.3) is 5.91 Å². The van der Waals surface area contributed by atoms with Crippen molar-refractivity contribution in [1.82, 2.24) is 4.98 Å². The van der Waals surface area contributed by atoms with E-state index in [1.54, 1.807) is 18.2 Å². The predicted octanol–water partition coefficient (Wildman–Crippen LogP) is 6.00. The molecule has 0 aliphatic carbocycles. The van der Waals surface area contributed by atoms with Crippen LogP contribution in [0.3, 0.4) is 0 Å². The first-order valence-electron chi connectivity index (χ1n) is 10.4. The maximum atomic E-state index is 13.0. The first-order chi connectivity index (χ1) is 16.7. The van der Waals surface area contributed by atoms with Gasteiger partial charge in [-0.3, -0.25) is 4.79 Å². The van der Waals surface area contributed by atoms with Crippen LogP contribution in [0, 0.1) is 11.6 Å². The number of carbonyl (C=O) groups is 2. The van der Waals surface area contributed by atoms with Gasteiger partial charge >= 0.3 is 5.97 Å². The van der Waals surface area contributed by atoms with Gasteiger partial charge in [0, 0.05) is 25.0 Å². The highest BCUT2D eigenvalue weighted by atomic mass is 35.5. The highest BCUT2D eigenvalue weighted by Crippen LogP contribution is 2.26. The van der Waals surface area contributed by atoms with Crippen molar-refractivity contribution in [3.8, 4) is 11.6 Å². The van der Waals surface area contributed by atoms with Gasteiger partial charge in [-0.2, -0.15) is 0 Å². The fraction of sp³-hybridized carbons (Fsp3) is 0.160. The lowest BCUT2D eigenvalue weighted by Crippen LogP contribution is -2.13. The number of ether oxygens (including phenoxy) is 2. The van der Waals surface area contributed by atoms with Gasteiger partial charge in [-0.15, -0.1) is 0 Å². The number of nitrogens with two attached hydrogens (primary N) is 1. The lowest BCUT2D eigenvalue weighted by molar-refractivity contribution is 0.0549. The van der Waals surface area contributed by atoms with E-state index in [-0.39, 0.29) is 34.8 Å². The van der Waals surface area contributed by atoms with E-state index >= 15 is 0 Å². The Bertz CT molecular complexity index is 1140. The number of esters is 1. The number of amides is 1. The lowest BCUT2D eigenvalue weighted by atomic mass is 10.2. The number of hydrogen-bond donors (Lipinski definition) is 2. The molecular formula is C25H26ClF2N3O4. The van der Waals surface area contributed by atoms with Crippen molar-refractivity contribution in [2.75, 3.05) is 19.0 Å². The number of primary amides is 1. The number of hydrogen-bond acceptors (Lipinski definition) is 6. The van der Waals surface area contributed by atoms with E-state index in [1.807, 2.05) is 33.0 Å². The summed E-state index contributed by atoms with van der Waals surface area (Å²) in [6.45, 7) is 7.71. The van der Waals surface area contributed by atoms with Crippen LogP contribution >= 0.6 is 11.6 Å². The van der Waals surface area contributed by atoms with Crippen LogP contribution in [0.2, 0.25) is 5.02 Å². The highest BCUT2D eigenvalue weighted by Gasteiger charge is 2.14. The molecule has 2 aromatic carbocycles. The molecule has 0 saturated carbocycles. The predicted molar refractivity (Wildman–Crippen MR) is 132 cm³/mol. The van der Waals surface area contributed by atoms with Crippen LogP contribution in [-0.2, 0) is 4.74 Å². The Kier molecular flexibility index (Phi) is 12.5. The van der Waals surface area contributed by atoms with E-state index in [1.165, 1.54) is 18.3 Å². The summed E-state index contributed by atoms with van der Waals surface area (Å²) < 4.78 is 35.8. The van der Waals surface area contributed by atoms with Crippen molar-refractivity contribution < 1.29 is 27.8 Å². The van der Waals surface area contributed by atoms with Crippen LogP contribution in [0.25, 0.3) is 0 Å². The number of nitrogens with zero attached hydrogens (tertiary/aromatic N) is 1. The van der Waals surface area contributed by atoms with Crippen LogP contribution in [0.1, 0.15) is 34.6 Å². The summed E-state index contributed by atoms with van der Waals surface area (Å²) in [4.78, 5) is 26.3. The van der Waals surface area contributed by atoms with Gasteiger partial charge < -0.3 is 20.5 Å². The van der Waals surface area contributed by atoms with E-state index in [9.17, 15) is 18.4 Å². The smallest absolute Gasteiger partial charge is 0.338 e. The SMILES string of the molecule is C=CCOC(=O)c1ccc(NC)cc1.CC.NC(=O)c1cc(Cl)cnc1Oc1ccc(F)c(F)c1. The summed E-state index contributed by atoms with van der Waals surface area (Å²) in [5.41, 5.74) is 6.59. The molecule has 0 fully saturated rings. The normalized spacial score (nSPS) is 9.43. The molecule has 0 bridgehead atoms. The average Bonchev–Trinajstić information content (AvgIpc) is 2.87. The minimum absolute atomic E-state index is 0.0174. The van der Waals surface area contributed by atoms with E-state index in [0.29, 0.717) is 5.56 Å². The third kappa shape index (κ3) is 9.42. The fourth-order valence-electron chi connectivity index (χ4n) is 2.33. The van der Waals surface area contributed by atoms with Gasteiger partial charge in [0.15, 0.2) is 11.6 Å². The molecule has 1 heterocycles. The summed E-state index contributed by atoms with van der Waals surface area (Å²) in [5.74, 6) is -3.36. The maximum Gasteiger partial charge on any atom is 0.338 e. The molecule has 35 heavy (non-hydrogen) atoms. The van der Waals surface area contributed by atoms with Crippen LogP contribution in [0.4, 0.5) is 14.5 Å². The number of rotatable bonds is 7. The molecule has 0 spiro atoms. The van der Waals surface area contributed by atoms with Crippen molar-refractivity contribution in [2.24, 2.45) is 5.73 Å². The Morgan fingerprint density at radius 2 is 1.77 bits per heavy atom. The van der Waals surface area contributed by atoms with Gasteiger partial charge in [0.1, 0.15) is 17.9 Å². The fourth-order valence-corrected chi connectivity index (χ4v) is 2.49. The summed E-state index contributed by atoms with van der Waals surface area (Å²) in [6, 6.07) is 11.3. The highest BCUT2D eigenvalue weighted by molar-refractivity contribution is 6.30. The van der Waals surface area contributed by atoms with Crippen LogP contribution in [-0.4, -0.2) is 30.5 Å². The van der Waals surface area contributed by atoms with Crippen LogP contribution in [0.5, 0.6) is 11.6 Å². The molecule has 7 nitrogen and oxygen atoms in total. The Balaban J connectivity index is 0.000000341. The second kappa shape index (κ2) is 15.0. The number of aromatic nitrogens is 1. The molecule has 0 atom stereocenters. The number of carbonyl (C=O) groups excluding carboxylic acids is 2. The van der Waals surface area contributed by atoms with Gasteiger partial charge in [-0.05, 0) is 42.5 Å². The first kappa shape index (κ1) is 29.1. The second-order valence-electron chi connectivity index (χ2n) is 6.26. The average molecular weight is 506 g/mol. The number of nitrogens with one attached hydrogen (secondary N) is 1. The number of halogens is 3. The monoisotopic (exact) mass is 505 g/mol. The van der Waals surface area contributed by atoms with Gasteiger partial charge in [0.05, 0.1) is 10.6 Å². The van der Waals surface area contributed by atoms with Crippen molar-refractivity contribution in [2.45, 2.75) is 13.8 Å². The molecule has 1 aromatic heterocycles. The maximum absolute atomic E-state index is 13.0. The van der Waals surface area contributed by atoms with E-state index in [2.05, 4.69) is 16.9 Å². The molecule has 3 N–H and O–H groups in total. The zero-order valence-electron chi connectivity index (χ0n) is 19.5. The number of pyridine rings is 1. The van der Waals surface area contributed by atoms with Crippen molar-refractivity contribution in [3.63, 3.8) is 0 Å². The van der Waals surface area contributed by atoms with Crippen molar-refractivity contribution in [3.05, 3.63) is 95.2 Å².